The van der Waals surface area contributed by atoms with Gasteiger partial charge in [0.05, 0.1) is 27.3 Å². The second kappa shape index (κ2) is 7.24. The Balaban J connectivity index is 1.75. The fraction of sp³-hybridized carbons (Fsp3) is 0. The Labute approximate surface area is 175 Å². The molecule has 0 amide bonds. The summed E-state index contributed by atoms with van der Waals surface area (Å²) in [5.74, 6) is 0. The van der Waals surface area contributed by atoms with E-state index in [1.807, 2.05) is 59.0 Å². The molecule has 0 radical (unpaired) electrons. The van der Waals surface area contributed by atoms with Crippen LogP contribution in [0.1, 0.15) is 5.56 Å². The number of imidazole rings is 1. The number of nitrogens with one attached hydrogen (secondary N) is 1. The Kier molecular flexibility index (Phi) is 4.27. The highest BCUT2D eigenvalue weighted by Gasteiger charge is 2.23. The number of benzene rings is 3. The van der Waals surface area contributed by atoms with Crippen LogP contribution in [0.15, 0.2) is 89.1 Å². The number of H-pyrrole nitrogens is 1. The van der Waals surface area contributed by atoms with E-state index in [0.29, 0.717) is 22.6 Å². The van der Waals surface area contributed by atoms with Gasteiger partial charge in [-0.1, -0.05) is 42.5 Å². The summed E-state index contributed by atoms with van der Waals surface area (Å²) in [5.41, 5.74) is 5.34. The summed E-state index contributed by atoms with van der Waals surface area (Å²) < 4.78 is 1.98. The van der Waals surface area contributed by atoms with Gasteiger partial charge in [0.25, 0.3) is 5.69 Å². The molecule has 1 N–H and O–H groups in total. The van der Waals surface area contributed by atoms with Crippen molar-refractivity contribution in [3.8, 4) is 17.3 Å². The molecule has 0 atom stereocenters. The molecule has 31 heavy (non-hydrogen) atoms. The molecule has 8 heteroatoms. The topological polar surface area (TPSA) is 112 Å². The van der Waals surface area contributed by atoms with Gasteiger partial charge in [-0.2, -0.15) is 10.4 Å². The summed E-state index contributed by atoms with van der Waals surface area (Å²) in [6, 6.07) is 25.5. The first-order valence-electron chi connectivity index (χ1n) is 9.44. The van der Waals surface area contributed by atoms with Gasteiger partial charge in [-0.25, -0.2) is 0 Å². The van der Waals surface area contributed by atoms with Gasteiger partial charge in [0.15, 0.2) is 0 Å². The first kappa shape index (κ1) is 18.3. The van der Waals surface area contributed by atoms with E-state index in [0.717, 1.165) is 22.3 Å². The number of nitro benzene ring substituents is 1. The second-order valence-corrected chi connectivity index (χ2v) is 6.85. The van der Waals surface area contributed by atoms with E-state index in [9.17, 15) is 15.4 Å². The molecule has 2 heterocycles. The van der Waals surface area contributed by atoms with Crippen molar-refractivity contribution in [1.29, 1.82) is 5.26 Å². The van der Waals surface area contributed by atoms with Crippen LogP contribution in [0.5, 0.6) is 0 Å². The molecule has 0 saturated heterocycles. The van der Waals surface area contributed by atoms with Crippen LogP contribution in [-0.2, 0) is 0 Å². The first-order chi connectivity index (χ1) is 15.2. The van der Waals surface area contributed by atoms with E-state index in [4.69, 9.17) is 0 Å². The van der Waals surface area contributed by atoms with Crippen molar-refractivity contribution in [2.24, 2.45) is 10.2 Å². The molecule has 0 spiro atoms. The highest BCUT2D eigenvalue weighted by Crippen LogP contribution is 2.41. The minimum absolute atomic E-state index is 0.0229. The number of nitrogens with zero attached hydrogens (tertiary/aromatic N) is 5. The molecular weight excluding hydrogens is 392 g/mol. The Hall–Kier alpha value is -4.77. The Bertz CT molecular complexity index is 1510. The zero-order valence-electron chi connectivity index (χ0n) is 16.1. The third-order valence-corrected chi connectivity index (χ3v) is 5.03. The van der Waals surface area contributed by atoms with E-state index < -0.39 is 4.92 Å². The molecule has 0 aliphatic carbocycles. The average molecular weight is 406 g/mol. The number of hydrogen-bond acceptors (Lipinski definition) is 5. The lowest BCUT2D eigenvalue weighted by molar-refractivity contribution is -0.384. The van der Waals surface area contributed by atoms with Crippen LogP contribution in [-0.4, -0.2) is 14.3 Å². The van der Waals surface area contributed by atoms with E-state index in [1.165, 1.54) is 24.3 Å². The zero-order valence-corrected chi connectivity index (χ0v) is 16.1. The van der Waals surface area contributed by atoms with Crippen molar-refractivity contribution in [2.75, 3.05) is 0 Å². The smallest absolute Gasteiger partial charge is 0.269 e. The fourth-order valence-corrected chi connectivity index (χ4v) is 3.64. The summed E-state index contributed by atoms with van der Waals surface area (Å²) >= 11 is 0. The number of rotatable bonds is 4. The van der Waals surface area contributed by atoms with Crippen molar-refractivity contribution in [1.82, 2.24) is 9.38 Å². The number of hydrogen-bond donors (Lipinski definition) is 1. The summed E-state index contributed by atoms with van der Waals surface area (Å²) in [6.45, 7) is 0. The molecule has 3 aromatic carbocycles. The third-order valence-electron chi connectivity index (χ3n) is 5.03. The zero-order chi connectivity index (χ0) is 21.4. The monoisotopic (exact) mass is 406 g/mol. The molecule has 5 aromatic rings. The van der Waals surface area contributed by atoms with Crippen LogP contribution in [0.3, 0.4) is 0 Å². The van der Waals surface area contributed by atoms with Gasteiger partial charge in [0.2, 0.25) is 0 Å². The van der Waals surface area contributed by atoms with Crippen molar-refractivity contribution in [3.63, 3.8) is 0 Å². The number of nitro groups is 1. The number of aromatic amines is 1. The molecule has 0 fully saturated rings. The molecule has 5 rings (SSSR count). The SMILES string of the molecule is N#Cc1c(N=Nc2ccc([N+](=O)[O-])cc2)c(-c2ccccc2)n2c1[nH]c1ccccc12. The second-order valence-electron chi connectivity index (χ2n) is 6.85. The van der Waals surface area contributed by atoms with Gasteiger partial charge < -0.3 is 4.98 Å². The summed E-state index contributed by atoms with van der Waals surface area (Å²) in [4.78, 5) is 13.7. The summed E-state index contributed by atoms with van der Waals surface area (Å²) in [5, 5.41) is 29.5. The molecule has 8 nitrogen and oxygen atoms in total. The van der Waals surface area contributed by atoms with Gasteiger partial charge in [-0.3, -0.25) is 14.5 Å². The van der Waals surface area contributed by atoms with E-state index in [-0.39, 0.29) is 5.69 Å². The van der Waals surface area contributed by atoms with E-state index in [2.05, 4.69) is 21.3 Å². The maximum Gasteiger partial charge on any atom is 0.269 e. The van der Waals surface area contributed by atoms with Crippen LogP contribution < -0.4 is 0 Å². The van der Waals surface area contributed by atoms with Gasteiger partial charge in [-0.05, 0) is 24.3 Å². The predicted molar refractivity (Wildman–Crippen MR) is 117 cm³/mol. The minimum Gasteiger partial charge on any atom is -0.338 e. The number of fused-ring (bicyclic) bond motifs is 3. The number of para-hydroxylation sites is 2. The Morgan fingerprint density at radius 3 is 2.35 bits per heavy atom. The quantitative estimate of drug-likeness (QED) is 0.215. The maximum absolute atomic E-state index is 10.9. The number of nitriles is 1. The Morgan fingerprint density at radius 2 is 1.65 bits per heavy atom. The Morgan fingerprint density at radius 1 is 0.935 bits per heavy atom. The third kappa shape index (κ3) is 3.01. The van der Waals surface area contributed by atoms with E-state index >= 15 is 0 Å². The van der Waals surface area contributed by atoms with Gasteiger partial charge >= 0.3 is 0 Å². The van der Waals surface area contributed by atoms with Gasteiger partial charge in [0, 0.05) is 17.7 Å². The molecule has 0 aliphatic rings. The van der Waals surface area contributed by atoms with Crippen LogP contribution in [0, 0.1) is 21.4 Å². The van der Waals surface area contributed by atoms with Gasteiger partial charge in [0.1, 0.15) is 23.0 Å². The van der Waals surface area contributed by atoms with Crippen molar-refractivity contribution < 1.29 is 4.92 Å². The number of aromatic nitrogens is 2. The molecule has 0 unspecified atom stereocenters. The van der Waals surface area contributed by atoms with E-state index in [1.54, 1.807) is 0 Å². The van der Waals surface area contributed by atoms with Crippen molar-refractivity contribution in [3.05, 3.63) is 94.5 Å². The largest absolute Gasteiger partial charge is 0.338 e. The van der Waals surface area contributed by atoms with Crippen molar-refractivity contribution >= 4 is 33.7 Å². The lowest BCUT2D eigenvalue weighted by Gasteiger charge is -2.04. The number of azo groups is 1. The molecule has 148 valence electrons. The number of non-ortho nitro benzene ring substituents is 1. The van der Waals surface area contributed by atoms with Crippen LogP contribution in [0.25, 0.3) is 27.9 Å². The van der Waals surface area contributed by atoms with Gasteiger partial charge in [-0.15, -0.1) is 5.11 Å². The average Bonchev–Trinajstić information content (AvgIpc) is 3.32. The maximum atomic E-state index is 10.9. The summed E-state index contributed by atoms with van der Waals surface area (Å²) in [6.07, 6.45) is 0. The fourth-order valence-electron chi connectivity index (χ4n) is 3.64. The lowest BCUT2D eigenvalue weighted by atomic mass is 10.1. The first-order valence-corrected chi connectivity index (χ1v) is 9.44. The highest BCUT2D eigenvalue weighted by atomic mass is 16.6. The highest BCUT2D eigenvalue weighted by molar-refractivity contribution is 5.94. The van der Waals surface area contributed by atoms with Crippen LogP contribution >= 0.6 is 0 Å². The normalized spacial score (nSPS) is 11.3. The molecule has 0 saturated carbocycles. The molecular formula is C23H14N6O2. The predicted octanol–water partition coefficient (Wildman–Crippen LogP) is 6.28. The van der Waals surface area contributed by atoms with Crippen LogP contribution in [0.4, 0.5) is 17.1 Å². The van der Waals surface area contributed by atoms with Crippen LogP contribution in [0.2, 0.25) is 0 Å². The lowest BCUT2D eigenvalue weighted by Crippen LogP contribution is -1.86. The standard InChI is InChI=1S/C23H14N6O2/c24-14-18-21(27-26-16-10-12-17(13-11-16)29(30)31)22(15-6-2-1-3-7-15)28-20-9-5-4-8-19(20)25-23(18)28/h1-13,25H. The molecule has 0 aliphatic heterocycles. The molecule has 2 aromatic heterocycles. The summed E-state index contributed by atoms with van der Waals surface area (Å²) in [7, 11) is 0. The minimum atomic E-state index is -0.469. The molecule has 0 bridgehead atoms. The van der Waals surface area contributed by atoms with Crippen molar-refractivity contribution in [2.45, 2.75) is 0 Å².